The topological polar surface area (TPSA) is 37.3 Å². The first-order valence-corrected chi connectivity index (χ1v) is 5.62. The van der Waals surface area contributed by atoms with Crippen molar-refractivity contribution < 1.29 is 9.90 Å². The van der Waals surface area contributed by atoms with E-state index in [0.29, 0.717) is 4.88 Å². The normalized spacial score (nSPS) is 10.7. The number of fused-ring (bicyclic) bond motifs is 1. The van der Waals surface area contributed by atoms with Crippen LogP contribution in [0.2, 0.25) is 0 Å². The van der Waals surface area contributed by atoms with Gasteiger partial charge in [0.25, 0.3) is 0 Å². The Bertz CT molecular complexity index is 516. The average Bonchev–Trinajstić information content (AvgIpc) is 2.56. The van der Waals surface area contributed by atoms with Crippen LogP contribution in [0.3, 0.4) is 0 Å². The molecule has 1 N–H and O–H groups in total. The molecule has 1 aromatic heterocycles. The van der Waals surface area contributed by atoms with Crippen molar-refractivity contribution in [3.8, 4) is 0 Å². The Kier molecular flexibility index (Phi) is 2.33. The molecule has 2 nitrogen and oxygen atoms in total. The first-order chi connectivity index (χ1) is 6.59. The largest absolute Gasteiger partial charge is 0.477 e. The highest BCUT2D eigenvalue weighted by Crippen LogP contribution is 2.31. The highest BCUT2D eigenvalue weighted by atomic mass is 79.9. The van der Waals surface area contributed by atoms with E-state index in [4.69, 9.17) is 5.11 Å². The Balaban J connectivity index is 2.77. The van der Waals surface area contributed by atoms with Gasteiger partial charge in [-0.2, -0.15) is 0 Å². The zero-order chi connectivity index (χ0) is 10.3. The van der Waals surface area contributed by atoms with E-state index in [9.17, 15) is 4.79 Å². The van der Waals surface area contributed by atoms with Crippen LogP contribution in [0.5, 0.6) is 0 Å². The Morgan fingerprint density at radius 3 is 2.86 bits per heavy atom. The minimum absolute atomic E-state index is 0.390. The molecule has 0 unspecified atom stereocenters. The van der Waals surface area contributed by atoms with Crippen molar-refractivity contribution in [2.24, 2.45) is 0 Å². The molecule has 14 heavy (non-hydrogen) atoms. The van der Waals surface area contributed by atoms with Crippen LogP contribution in [0.25, 0.3) is 10.1 Å². The van der Waals surface area contributed by atoms with Crippen molar-refractivity contribution in [1.29, 1.82) is 0 Å². The second-order valence-corrected chi connectivity index (χ2v) is 4.94. The van der Waals surface area contributed by atoms with Gasteiger partial charge in [-0.05, 0) is 36.1 Å². The minimum Gasteiger partial charge on any atom is -0.477 e. The van der Waals surface area contributed by atoms with Gasteiger partial charge in [0.1, 0.15) is 4.88 Å². The maximum absolute atomic E-state index is 10.8. The predicted molar refractivity (Wildman–Crippen MR) is 61.2 cm³/mol. The molecule has 0 spiro atoms. The number of carbonyl (C=O) groups is 1. The van der Waals surface area contributed by atoms with E-state index in [2.05, 4.69) is 15.9 Å². The van der Waals surface area contributed by atoms with Crippen LogP contribution in [-0.4, -0.2) is 11.1 Å². The van der Waals surface area contributed by atoms with Gasteiger partial charge >= 0.3 is 5.97 Å². The van der Waals surface area contributed by atoms with Gasteiger partial charge in [0.15, 0.2) is 0 Å². The predicted octanol–water partition coefficient (Wildman–Crippen LogP) is 3.67. The molecule has 0 atom stereocenters. The molecule has 0 fully saturated rings. The van der Waals surface area contributed by atoms with E-state index in [0.717, 1.165) is 20.1 Å². The van der Waals surface area contributed by atoms with Crippen molar-refractivity contribution in [3.05, 3.63) is 33.1 Å². The Morgan fingerprint density at radius 2 is 2.21 bits per heavy atom. The van der Waals surface area contributed by atoms with Crippen LogP contribution >= 0.6 is 27.3 Å². The Morgan fingerprint density at radius 1 is 1.50 bits per heavy atom. The molecule has 1 aromatic carbocycles. The molecule has 0 bridgehead atoms. The van der Waals surface area contributed by atoms with Gasteiger partial charge in [-0.3, -0.25) is 0 Å². The van der Waals surface area contributed by atoms with Crippen molar-refractivity contribution in [3.63, 3.8) is 0 Å². The summed E-state index contributed by atoms with van der Waals surface area (Å²) in [5.41, 5.74) is 1.09. The molecule has 4 heteroatoms. The van der Waals surface area contributed by atoms with Gasteiger partial charge < -0.3 is 5.11 Å². The lowest BCUT2D eigenvalue weighted by molar-refractivity contribution is 0.0702. The lowest BCUT2D eigenvalue weighted by Crippen LogP contribution is -1.89. The summed E-state index contributed by atoms with van der Waals surface area (Å²) in [6.45, 7) is 1.98. The van der Waals surface area contributed by atoms with Crippen LogP contribution in [0.4, 0.5) is 0 Å². The molecule has 0 saturated heterocycles. The second kappa shape index (κ2) is 3.37. The number of aryl methyl sites for hydroxylation is 1. The van der Waals surface area contributed by atoms with E-state index >= 15 is 0 Å². The van der Waals surface area contributed by atoms with Crippen molar-refractivity contribution in [2.45, 2.75) is 6.92 Å². The molecule has 0 amide bonds. The molecule has 0 aliphatic carbocycles. The molecular weight excluding hydrogens is 264 g/mol. The maximum atomic E-state index is 10.8. The van der Waals surface area contributed by atoms with Crippen molar-refractivity contribution >= 4 is 43.3 Å². The fourth-order valence-electron chi connectivity index (χ4n) is 1.33. The zero-order valence-corrected chi connectivity index (χ0v) is 9.78. The summed E-state index contributed by atoms with van der Waals surface area (Å²) in [5.74, 6) is -0.860. The van der Waals surface area contributed by atoms with Crippen molar-refractivity contribution in [2.75, 3.05) is 0 Å². The third-order valence-electron chi connectivity index (χ3n) is 2.11. The summed E-state index contributed by atoms with van der Waals surface area (Å²) in [6.07, 6.45) is 0. The van der Waals surface area contributed by atoms with Crippen LogP contribution in [0.1, 0.15) is 15.2 Å². The number of aromatic carboxylic acids is 1. The lowest BCUT2D eigenvalue weighted by Gasteiger charge is -1.97. The summed E-state index contributed by atoms with van der Waals surface area (Å²) >= 11 is 4.73. The number of carboxylic acids is 1. The van der Waals surface area contributed by atoms with Crippen LogP contribution < -0.4 is 0 Å². The number of halogens is 1. The van der Waals surface area contributed by atoms with Gasteiger partial charge in [-0.1, -0.05) is 15.9 Å². The smallest absolute Gasteiger partial charge is 0.345 e. The SMILES string of the molecule is Cc1c(Br)ccc2sc(C(=O)O)cc12. The fraction of sp³-hybridized carbons (Fsp3) is 0.100. The van der Waals surface area contributed by atoms with Crippen molar-refractivity contribution in [1.82, 2.24) is 0 Å². The van der Waals surface area contributed by atoms with E-state index in [-0.39, 0.29) is 0 Å². The average molecular weight is 271 g/mol. The lowest BCUT2D eigenvalue weighted by atomic mass is 10.1. The third-order valence-corrected chi connectivity index (χ3v) is 4.06. The number of benzene rings is 1. The highest BCUT2D eigenvalue weighted by Gasteiger charge is 2.10. The highest BCUT2D eigenvalue weighted by molar-refractivity contribution is 9.10. The summed E-state index contributed by atoms with van der Waals surface area (Å²) < 4.78 is 2.03. The first kappa shape index (κ1) is 9.68. The second-order valence-electron chi connectivity index (χ2n) is 3.00. The maximum Gasteiger partial charge on any atom is 0.345 e. The van der Waals surface area contributed by atoms with Gasteiger partial charge in [0, 0.05) is 9.17 Å². The van der Waals surface area contributed by atoms with E-state index in [1.54, 1.807) is 6.07 Å². The monoisotopic (exact) mass is 270 g/mol. The van der Waals surface area contributed by atoms with Crippen LogP contribution in [0.15, 0.2) is 22.7 Å². The number of hydrogen-bond acceptors (Lipinski definition) is 2. The van der Waals surface area contributed by atoms with E-state index in [1.165, 1.54) is 11.3 Å². The molecule has 0 radical (unpaired) electrons. The van der Waals surface area contributed by atoms with E-state index < -0.39 is 5.97 Å². The molecule has 72 valence electrons. The molecule has 0 saturated carbocycles. The zero-order valence-electron chi connectivity index (χ0n) is 7.37. The fourth-order valence-corrected chi connectivity index (χ4v) is 2.63. The van der Waals surface area contributed by atoms with Gasteiger partial charge in [-0.25, -0.2) is 4.79 Å². The number of hydrogen-bond donors (Lipinski definition) is 1. The first-order valence-electron chi connectivity index (χ1n) is 4.01. The van der Waals surface area contributed by atoms with E-state index in [1.807, 2.05) is 19.1 Å². The Hall–Kier alpha value is -0.870. The summed E-state index contributed by atoms with van der Waals surface area (Å²) in [6, 6.07) is 5.60. The van der Waals surface area contributed by atoms with Crippen LogP contribution in [-0.2, 0) is 0 Å². The molecular formula is C10H7BrO2S. The number of rotatable bonds is 1. The summed E-state index contributed by atoms with van der Waals surface area (Å²) in [7, 11) is 0. The van der Waals surface area contributed by atoms with Gasteiger partial charge in [-0.15, -0.1) is 11.3 Å². The van der Waals surface area contributed by atoms with Gasteiger partial charge in [0.2, 0.25) is 0 Å². The quantitative estimate of drug-likeness (QED) is 0.859. The Labute approximate surface area is 93.3 Å². The summed E-state index contributed by atoms with van der Waals surface area (Å²) in [5, 5.41) is 9.86. The third kappa shape index (κ3) is 1.44. The standard InChI is InChI=1S/C10H7BrO2S/c1-5-6-4-9(10(12)13)14-8(6)3-2-7(5)11/h2-4H,1H3,(H,12,13). The number of carboxylic acid groups (broad SMARTS) is 1. The molecule has 2 aromatic rings. The molecule has 0 aliphatic rings. The molecule has 1 heterocycles. The number of thiophene rings is 1. The van der Waals surface area contributed by atoms with Gasteiger partial charge in [0.05, 0.1) is 0 Å². The molecule has 2 rings (SSSR count). The molecule has 0 aliphatic heterocycles. The minimum atomic E-state index is -0.860. The van der Waals surface area contributed by atoms with Crippen LogP contribution in [0, 0.1) is 6.92 Å². The summed E-state index contributed by atoms with van der Waals surface area (Å²) in [4.78, 5) is 11.2.